The molecule has 1 heterocycles. The number of hydrogen-bond acceptors (Lipinski definition) is 6. The Morgan fingerprint density at radius 1 is 1.17 bits per heavy atom. The second-order valence-corrected chi connectivity index (χ2v) is 9.01. The maximum absolute atomic E-state index is 12.8. The summed E-state index contributed by atoms with van der Waals surface area (Å²) in [5.41, 5.74) is 0. The van der Waals surface area contributed by atoms with Crippen LogP contribution in [0.4, 0.5) is 0 Å². The van der Waals surface area contributed by atoms with Crippen molar-refractivity contribution in [2.24, 2.45) is 5.92 Å². The molecule has 2 rings (SSSR count). The molecule has 0 spiro atoms. The number of sulfonamides is 1. The molecule has 0 bridgehead atoms. The summed E-state index contributed by atoms with van der Waals surface area (Å²) in [6.07, 6.45) is 1.52. The molecule has 1 aromatic rings. The number of esters is 1. The number of benzene rings is 1. The van der Waals surface area contributed by atoms with Crippen molar-refractivity contribution in [1.29, 1.82) is 0 Å². The van der Waals surface area contributed by atoms with E-state index in [9.17, 15) is 18.0 Å². The standard InChI is InChI=1S/C20H30N2O6S/c1-4-15(3)21-19(23)14-28-20(24)16-10-12-22(13-11-16)29(25,26)18-8-6-17(7-9-18)27-5-2/h6-9,15-16H,4-5,10-14H2,1-3H3,(H,21,23). The highest BCUT2D eigenvalue weighted by atomic mass is 32.2. The Bertz CT molecular complexity index is 786. The van der Waals surface area contributed by atoms with Gasteiger partial charge in [0.05, 0.1) is 17.4 Å². The van der Waals surface area contributed by atoms with Crippen LogP contribution in [0.15, 0.2) is 29.2 Å². The number of piperidine rings is 1. The second kappa shape index (κ2) is 10.6. The van der Waals surface area contributed by atoms with Crippen molar-refractivity contribution in [2.75, 3.05) is 26.3 Å². The Labute approximate surface area is 172 Å². The van der Waals surface area contributed by atoms with Gasteiger partial charge in [-0.1, -0.05) is 6.92 Å². The van der Waals surface area contributed by atoms with Gasteiger partial charge in [-0.2, -0.15) is 4.31 Å². The molecule has 1 aliphatic rings. The predicted molar refractivity (Wildman–Crippen MR) is 108 cm³/mol. The SMILES string of the molecule is CCOc1ccc(S(=O)(=O)N2CCC(C(=O)OCC(=O)NC(C)CC)CC2)cc1. The fraction of sp³-hybridized carbons (Fsp3) is 0.600. The van der Waals surface area contributed by atoms with Crippen molar-refractivity contribution < 1.29 is 27.5 Å². The van der Waals surface area contributed by atoms with Crippen LogP contribution in [0.2, 0.25) is 0 Å². The third kappa shape index (κ3) is 6.43. The quantitative estimate of drug-likeness (QED) is 0.606. The third-order valence-electron chi connectivity index (χ3n) is 4.93. The first-order chi connectivity index (χ1) is 13.8. The van der Waals surface area contributed by atoms with E-state index in [1.54, 1.807) is 12.1 Å². The molecule has 8 nitrogen and oxygen atoms in total. The summed E-state index contributed by atoms with van der Waals surface area (Å²) in [7, 11) is -3.62. The summed E-state index contributed by atoms with van der Waals surface area (Å²) in [4.78, 5) is 24.1. The van der Waals surface area contributed by atoms with Gasteiger partial charge in [-0.3, -0.25) is 9.59 Å². The Kier molecular flexibility index (Phi) is 8.45. The van der Waals surface area contributed by atoms with E-state index in [1.807, 2.05) is 20.8 Å². The van der Waals surface area contributed by atoms with Gasteiger partial charge in [-0.15, -0.1) is 0 Å². The first-order valence-corrected chi connectivity index (χ1v) is 11.4. The van der Waals surface area contributed by atoms with E-state index >= 15 is 0 Å². The molecule has 1 saturated heterocycles. The maximum atomic E-state index is 12.8. The van der Waals surface area contributed by atoms with Crippen LogP contribution in [0, 0.1) is 5.92 Å². The van der Waals surface area contributed by atoms with Gasteiger partial charge in [-0.25, -0.2) is 8.42 Å². The molecule has 1 aliphatic heterocycles. The minimum Gasteiger partial charge on any atom is -0.494 e. The summed E-state index contributed by atoms with van der Waals surface area (Å²) in [6, 6.07) is 6.33. The van der Waals surface area contributed by atoms with E-state index < -0.39 is 21.9 Å². The number of carbonyl (C=O) groups is 2. The number of rotatable bonds is 9. The third-order valence-corrected chi connectivity index (χ3v) is 6.84. The van der Waals surface area contributed by atoms with Crippen LogP contribution in [0.1, 0.15) is 40.0 Å². The number of hydrogen-bond donors (Lipinski definition) is 1. The predicted octanol–water partition coefficient (Wildman–Crippen LogP) is 1.94. The summed E-state index contributed by atoms with van der Waals surface area (Å²) in [5.74, 6) is -0.575. The zero-order valence-corrected chi connectivity index (χ0v) is 18.0. The monoisotopic (exact) mass is 426 g/mol. The number of ether oxygens (including phenoxy) is 2. The molecule has 0 radical (unpaired) electrons. The summed E-state index contributed by atoms with van der Waals surface area (Å²) >= 11 is 0. The molecule has 1 aromatic carbocycles. The highest BCUT2D eigenvalue weighted by molar-refractivity contribution is 7.89. The maximum Gasteiger partial charge on any atom is 0.309 e. The smallest absolute Gasteiger partial charge is 0.309 e. The molecule has 1 N–H and O–H groups in total. The van der Waals surface area contributed by atoms with Crippen molar-refractivity contribution in [3.05, 3.63) is 24.3 Å². The minimum absolute atomic E-state index is 0.0252. The van der Waals surface area contributed by atoms with E-state index in [2.05, 4.69) is 5.32 Å². The van der Waals surface area contributed by atoms with Crippen molar-refractivity contribution in [2.45, 2.75) is 51.0 Å². The van der Waals surface area contributed by atoms with Gasteiger partial charge in [0.1, 0.15) is 5.75 Å². The fourth-order valence-corrected chi connectivity index (χ4v) is 4.50. The fourth-order valence-electron chi connectivity index (χ4n) is 3.03. The van der Waals surface area contributed by atoms with Gasteiger partial charge in [0.25, 0.3) is 5.91 Å². The lowest BCUT2D eigenvalue weighted by Gasteiger charge is -2.30. The summed E-state index contributed by atoms with van der Waals surface area (Å²) < 4.78 is 37.4. The van der Waals surface area contributed by atoms with E-state index in [0.29, 0.717) is 25.2 Å². The largest absolute Gasteiger partial charge is 0.494 e. The van der Waals surface area contributed by atoms with Crippen molar-refractivity contribution >= 4 is 21.9 Å². The first-order valence-electron chi connectivity index (χ1n) is 9.96. The zero-order chi connectivity index (χ0) is 21.4. The van der Waals surface area contributed by atoms with Crippen LogP contribution in [-0.2, 0) is 24.3 Å². The normalized spacial score (nSPS) is 16.8. The molecule has 29 heavy (non-hydrogen) atoms. The lowest BCUT2D eigenvalue weighted by atomic mass is 9.98. The van der Waals surface area contributed by atoms with Crippen LogP contribution in [0.25, 0.3) is 0 Å². The molecule has 1 amide bonds. The van der Waals surface area contributed by atoms with Crippen LogP contribution in [0.5, 0.6) is 5.75 Å². The summed E-state index contributed by atoms with van der Waals surface area (Å²) in [5, 5.41) is 2.73. The molecular weight excluding hydrogens is 396 g/mol. The molecule has 0 aromatic heterocycles. The van der Waals surface area contributed by atoms with Gasteiger partial charge in [-0.05, 0) is 57.4 Å². The average Bonchev–Trinajstić information content (AvgIpc) is 2.72. The molecule has 1 atom stereocenters. The van der Waals surface area contributed by atoms with Crippen LogP contribution in [-0.4, -0.2) is 56.9 Å². The van der Waals surface area contributed by atoms with Gasteiger partial charge in [0.15, 0.2) is 6.61 Å². The van der Waals surface area contributed by atoms with Crippen LogP contribution >= 0.6 is 0 Å². The molecule has 0 aliphatic carbocycles. The topological polar surface area (TPSA) is 102 Å². The molecular formula is C20H30N2O6S. The molecule has 1 fully saturated rings. The Morgan fingerprint density at radius 3 is 2.34 bits per heavy atom. The van der Waals surface area contributed by atoms with Crippen LogP contribution < -0.4 is 10.1 Å². The van der Waals surface area contributed by atoms with E-state index in [4.69, 9.17) is 9.47 Å². The average molecular weight is 427 g/mol. The van der Waals surface area contributed by atoms with Crippen molar-refractivity contribution in [1.82, 2.24) is 9.62 Å². The molecule has 162 valence electrons. The van der Waals surface area contributed by atoms with E-state index in [-0.39, 0.29) is 36.5 Å². The number of nitrogens with zero attached hydrogens (tertiary/aromatic N) is 1. The number of nitrogens with one attached hydrogen (secondary N) is 1. The summed E-state index contributed by atoms with van der Waals surface area (Å²) in [6.45, 7) is 6.34. The van der Waals surface area contributed by atoms with Crippen molar-refractivity contribution in [3.63, 3.8) is 0 Å². The lowest BCUT2D eigenvalue weighted by Crippen LogP contribution is -2.41. The number of amides is 1. The molecule has 0 saturated carbocycles. The number of carbonyl (C=O) groups excluding carboxylic acids is 2. The second-order valence-electron chi connectivity index (χ2n) is 7.07. The highest BCUT2D eigenvalue weighted by Gasteiger charge is 2.33. The van der Waals surface area contributed by atoms with Gasteiger partial charge in [0, 0.05) is 19.1 Å². The highest BCUT2D eigenvalue weighted by Crippen LogP contribution is 2.25. The molecule has 1 unspecified atom stereocenters. The van der Waals surface area contributed by atoms with E-state index in [1.165, 1.54) is 16.4 Å². The lowest BCUT2D eigenvalue weighted by molar-refractivity contribution is -0.153. The van der Waals surface area contributed by atoms with Crippen molar-refractivity contribution in [3.8, 4) is 5.75 Å². The van der Waals surface area contributed by atoms with Gasteiger partial charge >= 0.3 is 5.97 Å². The minimum atomic E-state index is -3.62. The Hall–Kier alpha value is -2.13. The molecule has 9 heteroatoms. The van der Waals surface area contributed by atoms with Gasteiger partial charge < -0.3 is 14.8 Å². The first kappa shape index (κ1) is 23.2. The van der Waals surface area contributed by atoms with Gasteiger partial charge in [0.2, 0.25) is 10.0 Å². The Balaban J connectivity index is 1.85. The zero-order valence-electron chi connectivity index (χ0n) is 17.2. The van der Waals surface area contributed by atoms with Crippen LogP contribution in [0.3, 0.4) is 0 Å². The Morgan fingerprint density at radius 2 is 1.79 bits per heavy atom. The van der Waals surface area contributed by atoms with E-state index in [0.717, 1.165) is 6.42 Å².